The molecule has 1 fully saturated rings. The molecule has 1 aliphatic heterocycles. The highest BCUT2D eigenvalue weighted by molar-refractivity contribution is 5.83. The van der Waals surface area contributed by atoms with Gasteiger partial charge in [-0.05, 0) is 24.7 Å². The lowest BCUT2D eigenvalue weighted by Gasteiger charge is -2.37. The molecule has 0 N–H and O–H groups in total. The van der Waals surface area contributed by atoms with Gasteiger partial charge in [-0.25, -0.2) is 9.79 Å². The molecule has 5 heteroatoms. The topological polar surface area (TPSA) is 63.4 Å². The maximum Gasteiger partial charge on any atom is 0.358 e. The summed E-state index contributed by atoms with van der Waals surface area (Å²) in [6.07, 6.45) is 5.52. The first kappa shape index (κ1) is 11.2. The van der Waals surface area contributed by atoms with Crippen LogP contribution in [-0.4, -0.2) is 25.1 Å². The second-order valence-corrected chi connectivity index (χ2v) is 4.58. The van der Waals surface area contributed by atoms with Gasteiger partial charge in [-0.1, -0.05) is 13.3 Å². The molecule has 88 valence electrons. The first-order valence-electron chi connectivity index (χ1n) is 5.74. The lowest BCUT2D eigenvalue weighted by molar-refractivity contribution is -0.147. The van der Waals surface area contributed by atoms with Crippen LogP contribution in [0.4, 0.5) is 0 Å². The molecule has 0 bridgehead atoms. The average molecular weight is 223 g/mol. The van der Waals surface area contributed by atoms with E-state index in [-0.39, 0.29) is 0 Å². The van der Waals surface area contributed by atoms with Gasteiger partial charge in [-0.3, -0.25) is 0 Å². The molecular formula is C11H17N3O2. The molecule has 5 nitrogen and oxygen atoms in total. The van der Waals surface area contributed by atoms with Crippen molar-refractivity contribution in [3.05, 3.63) is 0 Å². The van der Waals surface area contributed by atoms with Crippen LogP contribution in [0.5, 0.6) is 0 Å². The Morgan fingerprint density at radius 1 is 1.50 bits per heavy atom. The number of nitrogens with zero attached hydrogens (tertiary/aromatic N) is 3. The lowest BCUT2D eigenvalue weighted by atomic mass is 9.70. The predicted molar refractivity (Wildman–Crippen MR) is 59.2 cm³/mol. The molecule has 1 unspecified atom stereocenters. The summed E-state index contributed by atoms with van der Waals surface area (Å²) in [5, 5.41) is 7.63. The van der Waals surface area contributed by atoms with E-state index < -0.39 is 11.6 Å². The molecule has 0 aromatic rings. The Kier molecular flexibility index (Phi) is 3.03. The summed E-state index contributed by atoms with van der Waals surface area (Å²) >= 11 is 0. The van der Waals surface area contributed by atoms with Crippen LogP contribution in [0, 0.1) is 11.8 Å². The van der Waals surface area contributed by atoms with Crippen molar-refractivity contribution in [1.29, 1.82) is 0 Å². The molecule has 2 aliphatic rings. The molecule has 16 heavy (non-hydrogen) atoms. The van der Waals surface area contributed by atoms with Crippen molar-refractivity contribution in [2.45, 2.75) is 38.3 Å². The Morgan fingerprint density at radius 2 is 2.25 bits per heavy atom. The van der Waals surface area contributed by atoms with Crippen molar-refractivity contribution < 1.29 is 9.53 Å². The van der Waals surface area contributed by atoms with E-state index in [0.717, 1.165) is 5.92 Å². The van der Waals surface area contributed by atoms with Gasteiger partial charge in [0.05, 0.1) is 7.11 Å². The molecule has 0 aromatic heterocycles. The van der Waals surface area contributed by atoms with Crippen molar-refractivity contribution in [3.63, 3.8) is 0 Å². The third-order valence-electron chi connectivity index (χ3n) is 3.54. The number of rotatable bonds is 4. The van der Waals surface area contributed by atoms with Gasteiger partial charge >= 0.3 is 5.97 Å². The molecular weight excluding hydrogens is 206 g/mol. The van der Waals surface area contributed by atoms with Crippen LogP contribution >= 0.6 is 0 Å². The van der Waals surface area contributed by atoms with Crippen molar-refractivity contribution in [2.24, 2.45) is 27.1 Å². The third kappa shape index (κ3) is 1.86. The summed E-state index contributed by atoms with van der Waals surface area (Å²) in [7, 11) is 1.36. The van der Waals surface area contributed by atoms with E-state index in [1.165, 1.54) is 32.7 Å². The van der Waals surface area contributed by atoms with E-state index >= 15 is 0 Å². The number of ether oxygens (including phenoxy) is 1. The molecule has 1 saturated carbocycles. The Labute approximate surface area is 95.0 Å². The quantitative estimate of drug-likeness (QED) is 0.685. The Bertz CT molecular complexity index is 320. The fourth-order valence-electron chi connectivity index (χ4n) is 2.48. The van der Waals surface area contributed by atoms with Crippen LogP contribution in [0.15, 0.2) is 15.2 Å². The zero-order valence-corrected chi connectivity index (χ0v) is 9.72. The van der Waals surface area contributed by atoms with E-state index in [1.54, 1.807) is 0 Å². The molecule has 0 radical (unpaired) electrons. The van der Waals surface area contributed by atoms with Gasteiger partial charge in [0.2, 0.25) is 0 Å². The van der Waals surface area contributed by atoms with Crippen LogP contribution in [0.2, 0.25) is 0 Å². The maximum absolute atomic E-state index is 11.7. The zero-order valence-electron chi connectivity index (χ0n) is 9.72. The minimum absolute atomic E-state index is 0.398. The van der Waals surface area contributed by atoms with Gasteiger partial charge in [-0.2, -0.15) is 0 Å². The summed E-state index contributed by atoms with van der Waals surface area (Å²) in [6.45, 7) is 2.20. The average Bonchev–Trinajstić information content (AvgIpc) is 2.71. The van der Waals surface area contributed by atoms with Crippen LogP contribution in [-0.2, 0) is 9.53 Å². The second-order valence-electron chi connectivity index (χ2n) is 4.58. The number of hydrogen-bond donors (Lipinski definition) is 0. The second kappa shape index (κ2) is 4.31. The van der Waals surface area contributed by atoms with Gasteiger partial charge in [0.1, 0.15) is 6.34 Å². The third-order valence-corrected chi connectivity index (χ3v) is 3.54. The van der Waals surface area contributed by atoms with E-state index in [9.17, 15) is 4.79 Å². The largest absolute Gasteiger partial charge is 0.466 e. The van der Waals surface area contributed by atoms with Crippen LogP contribution < -0.4 is 0 Å². The molecule has 2 rings (SSSR count). The number of esters is 1. The molecule has 1 heterocycles. The van der Waals surface area contributed by atoms with Crippen molar-refractivity contribution in [1.82, 2.24) is 0 Å². The minimum atomic E-state index is -1.07. The van der Waals surface area contributed by atoms with Crippen LogP contribution in [0.25, 0.3) is 0 Å². The van der Waals surface area contributed by atoms with E-state index in [0.29, 0.717) is 12.3 Å². The summed E-state index contributed by atoms with van der Waals surface area (Å²) in [6, 6.07) is 0. The number of carbonyl (C=O) groups is 1. The number of methoxy groups -OCH3 is 1. The Hall–Kier alpha value is -1.26. The first-order chi connectivity index (χ1) is 7.70. The molecule has 1 atom stereocenters. The van der Waals surface area contributed by atoms with Crippen molar-refractivity contribution in [2.75, 3.05) is 7.11 Å². The lowest BCUT2D eigenvalue weighted by Crippen LogP contribution is -2.39. The van der Waals surface area contributed by atoms with E-state index in [2.05, 4.69) is 22.1 Å². The highest BCUT2D eigenvalue weighted by Crippen LogP contribution is 2.42. The van der Waals surface area contributed by atoms with E-state index in [1.807, 2.05) is 0 Å². The van der Waals surface area contributed by atoms with Crippen LogP contribution in [0.1, 0.15) is 32.6 Å². The maximum atomic E-state index is 11.7. The molecule has 0 saturated heterocycles. The Morgan fingerprint density at radius 3 is 2.75 bits per heavy atom. The molecule has 0 aromatic carbocycles. The van der Waals surface area contributed by atoms with Crippen LogP contribution in [0.3, 0.4) is 0 Å². The fourth-order valence-corrected chi connectivity index (χ4v) is 2.48. The first-order valence-corrected chi connectivity index (χ1v) is 5.74. The highest BCUT2D eigenvalue weighted by Gasteiger charge is 2.46. The monoisotopic (exact) mass is 223 g/mol. The standard InChI is InChI=1S/C11H17N3O2/c1-3-8-4-9(5-8)6-11(10(15)16-2)12-7-13-14-11/h7-9H,3-6H2,1-2H3. The van der Waals surface area contributed by atoms with Gasteiger partial charge in [-0.15, -0.1) is 10.2 Å². The highest BCUT2D eigenvalue weighted by atomic mass is 16.5. The van der Waals surface area contributed by atoms with Crippen molar-refractivity contribution >= 4 is 12.3 Å². The summed E-state index contributed by atoms with van der Waals surface area (Å²) in [5.41, 5.74) is -1.07. The molecule has 1 aliphatic carbocycles. The van der Waals surface area contributed by atoms with E-state index in [4.69, 9.17) is 4.74 Å². The number of hydrogen-bond acceptors (Lipinski definition) is 5. The normalized spacial score (nSPS) is 36.1. The number of carbonyl (C=O) groups excluding carboxylic acids is 1. The predicted octanol–water partition coefficient (Wildman–Crippen LogP) is 2.18. The summed E-state index contributed by atoms with van der Waals surface area (Å²) in [5.74, 6) is 0.935. The zero-order chi connectivity index (χ0) is 11.6. The minimum Gasteiger partial charge on any atom is -0.466 e. The Balaban J connectivity index is 1.97. The number of aliphatic imine (C=N–C) groups is 1. The summed E-state index contributed by atoms with van der Waals surface area (Å²) < 4.78 is 4.75. The van der Waals surface area contributed by atoms with Gasteiger partial charge in [0.25, 0.3) is 5.66 Å². The van der Waals surface area contributed by atoms with Gasteiger partial charge in [0.15, 0.2) is 0 Å². The van der Waals surface area contributed by atoms with Gasteiger partial charge < -0.3 is 4.74 Å². The van der Waals surface area contributed by atoms with Gasteiger partial charge in [0, 0.05) is 6.42 Å². The van der Waals surface area contributed by atoms with Crippen molar-refractivity contribution in [3.8, 4) is 0 Å². The number of azo groups is 1. The smallest absolute Gasteiger partial charge is 0.358 e. The molecule has 0 spiro atoms. The fraction of sp³-hybridized carbons (Fsp3) is 0.818. The SMILES string of the molecule is CCC1CC(CC2(C(=O)OC)N=CN=N2)C1. The molecule has 0 amide bonds. The summed E-state index contributed by atoms with van der Waals surface area (Å²) in [4.78, 5) is 15.8.